The maximum absolute atomic E-state index is 13.8. The van der Waals surface area contributed by atoms with Gasteiger partial charge >= 0.3 is 0 Å². The first-order valence-corrected chi connectivity index (χ1v) is 6.93. The highest BCUT2D eigenvalue weighted by molar-refractivity contribution is 5.99. The summed E-state index contributed by atoms with van der Waals surface area (Å²) in [6, 6.07) is 4.67. The van der Waals surface area contributed by atoms with Crippen molar-refractivity contribution in [2.24, 2.45) is 0 Å². The van der Waals surface area contributed by atoms with E-state index in [9.17, 15) is 9.18 Å². The summed E-state index contributed by atoms with van der Waals surface area (Å²) in [5.41, 5.74) is 0.668. The predicted octanol–water partition coefficient (Wildman–Crippen LogP) is 3.57. The molecule has 0 saturated heterocycles. The Labute approximate surface area is 114 Å². The van der Waals surface area contributed by atoms with Gasteiger partial charge in [0.15, 0.2) is 0 Å². The fourth-order valence-electron chi connectivity index (χ4n) is 1.95. The lowest BCUT2D eigenvalue weighted by molar-refractivity contribution is 0.0938. The van der Waals surface area contributed by atoms with E-state index in [1.54, 1.807) is 12.1 Å². The predicted molar refractivity (Wildman–Crippen MR) is 77.0 cm³/mol. The molecule has 4 heteroatoms. The number of carbonyl (C=O) groups is 1. The van der Waals surface area contributed by atoms with Crippen molar-refractivity contribution in [1.29, 1.82) is 0 Å². The number of rotatable bonds is 7. The Kier molecular flexibility index (Phi) is 6.33. The first kappa shape index (κ1) is 15.5. The van der Waals surface area contributed by atoms with Crippen LogP contribution in [0.3, 0.4) is 0 Å². The molecule has 1 unspecified atom stereocenters. The number of benzene rings is 1. The fraction of sp³-hybridized carbons (Fsp3) is 0.533. The monoisotopic (exact) mass is 266 g/mol. The van der Waals surface area contributed by atoms with E-state index in [4.69, 9.17) is 0 Å². The third-order valence-electron chi connectivity index (χ3n) is 2.91. The van der Waals surface area contributed by atoms with Gasteiger partial charge in [-0.25, -0.2) is 4.39 Å². The van der Waals surface area contributed by atoms with E-state index in [1.165, 1.54) is 6.07 Å². The van der Waals surface area contributed by atoms with Crippen LogP contribution in [0.4, 0.5) is 10.1 Å². The Balaban J connectivity index is 2.86. The van der Waals surface area contributed by atoms with Gasteiger partial charge in [-0.3, -0.25) is 4.79 Å². The molecular weight excluding hydrogens is 243 g/mol. The van der Waals surface area contributed by atoms with Crippen molar-refractivity contribution in [1.82, 2.24) is 5.32 Å². The number of carbonyl (C=O) groups excluding carboxylic acids is 1. The minimum atomic E-state index is -0.385. The number of para-hydroxylation sites is 1. The van der Waals surface area contributed by atoms with Crippen molar-refractivity contribution in [3.63, 3.8) is 0 Å². The zero-order chi connectivity index (χ0) is 14.3. The van der Waals surface area contributed by atoms with Gasteiger partial charge in [0, 0.05) is 12.6 Å². The molecule has 1 aromatic carbocycles. The van der Waals surface area contributed by atoms with Crippen LogP contribution in [-0.4, -0.2) is 18.5 Å². The van der Waals surface area contributed by atoms with E-state index >= 15 is 0 Å². The molecule has 1 atom stereocenters. The third kappa shape index (κ3) is 4.54. The van der Waals surface area contributed by atoms with Gasteiger partial charge in [-0.1, -0.05) is 26.3 Å². The standard InChI is InChI=1S/C15H23FN2O/c1-4-7-11(3)18-15(19)12-8-6-9-13(16)14(12)17-10-5-2/h6,8-9,11,17H,4-5,7,10H2,1-3H3,(H,18,19). The molecule has 0 spiro atoms. The molecule has 0 bridgehead atoms. The van der Waals surface area contributed by atoms with Gasteiger partial charge in [-0.05, 0) is 31.9 Å². The van der Waals surface area contributed by atoms with Crippen molar-refractivity contribution in [2.75, 3.05) is 11.9 Å². The van der Waals surface area contributed by atoms with Crippen LogP contribution in [-0.2, 0) is 0 Å². The van der Waals surface area contributed by atoms with Gasteiger partial charge in [0.05, 0.1) is 11.3 Å². The van der Waals surface area contributed by atoms with Crippen LogP contribution in [0.1, 0.15) is 50.4 Å². The highest BCUT2D eigenvalue weighted by Gasteiger charge is 2.16. The Bertz CT molecular complexity index is 421. The lowest BCUT2D eigenvalue weighted by Gasteiger charge is -2.16. The van der Waals surface area contributed by atoms with Crippen molar-refractivity contribution >= 4 is 11.6 Å². The first-order chi connectivity index (χ1) is 9.10. The summed E-state index contributed by atoms with van der Waals surface area (Å²) in [4.78, 5) is 12.1. The maximum atomic E-state index is 13.8. The summed E-state index contributed by atoms with van der Waals surface area (Å²) in [7, 11) is 0. The normalized spacial score (nSPS) is 12.0. The van der Waals surface area contributed by atoms with E-state index in [2.05, 4.69) is 17.6 Å². The zero-order valence-electron chi connectivity index (χ0n) is 11.9. The number of hydrogen-bond donors (Lipinski definition) is 2. The van der Waals surface area contributed by atoms with Gasteiger partial charge in [0.1, 0.15) is 5.82 Å². The Morgan fingerprint density at radius 1 is 1.32 bits per heavy atom. The topological polar surface area (TPSA) is 41.1 Å². The summed E-state index contributed by atoms with van der Waals surface area (Å²) in [6.45, 7) is 6.67. The van der Waals surface area contributed by atoms with Gasteiger partial charge in [-0.15, -0.1) is 0 Å². The van der Waals surface area contributed by atoms with E-state index in [-0.39, 0.29) is 17.8 Å². The van der Waals surface area contributed by atoms with Crippen LogP contribution < -0.4 is 10.6 Å². The van der Waals surface area contributed by atoms with Gasteiger partial charge < -0.3 is 10.6 Å². The molecule has 106 valence electrons. The van der Waals surface area contributed by atoms with Crippen LogP contribution in [0.25, 0.3) is 0 Å². The van der Waals surface area contributed by atoms with Gasteiger partial charge in [0.2, 0.25) is 0 Å². The highest BCUT2D eigenvalue weighted by Crippen LogP contribution is 2.20. The molecule has 0 aliphatic carbocycles. The minimum absolute atomic E-state index is 0.0970. The fourth-order valence-corrected chi connectivity index (χ4v) is 1.95. The van der Waals surface area contributed by atoms with Gasteiger partial charge in [-0.2, -0.15) is 0 Å². The minimum Gasteiger partial charge on any atom is -0.382 e. The highest BCUT2D eigenvalue weighted by atomic mass is 19.1. The smallest absolute Gasteiger partial charge is 0.253 e. The summed E-state index contributed by atoms with van der Waals surface area (Å²) in [6.07, 6.45) is 2.80. The molecule has 19 heavy (non-hydrogen) atoms. The molecule has 0 aliphatic rings. The number of nitrogens with one attached hydrogen (secondary N) is 2. The third-order valence-corrected chi connectivity index (χ3v) is 2.91. The SMILES string of the molecule is CCCNc1c(F)cccc1C(=O)NC(C)CCC. The molecule has 0 saturated carbocycles. The van der Waals surface area contributed by atoms with Crippen LogP contribution in [0.15, 0.2) is 18.2 Å². The number of halogens is 1. The van der Waals surface area contributed by atoms with E-state index in [0.717, 1.165) is 19.3 Å². The molecule has 1 aromatic rings. The molecule has 1 amide bonds. The molecule has 0 radical (unpaired) electrons. The number of hydrogen-bond acceptors (Lipinski definition) is 2. The van der Waals surface area contributed by atoms with Crippen LogP contribution >= 0.6 is 0 Å². The maximum Gasteiger partial charge on any atom is 0.253 e. The average molecular weight is 266 g/mol. The number of amides is 1. The molecule has 1 rings (SSSR count). The Hall–Kier alpha value is -1.58. The molecule has 0 fully saturated rings. The molecular formula is C15H23FN2O. The molecule has 0 heterocycles. The second-order valence-corrected chi connectivity index (χ2v) is 4.75. The van der Waals surface area contributed by atoms with Crippen molar-refractivity contribution in [3.05, 3.63) is 29.6 Å². The molecule has 3 nitrogen and oxygen atoms in total. The largest absolute Gasteiger partial charge is 0.382 e. The lowest BCUT2D eigenvalue weighted by atomic mass is 10.1. The molecule has 0 aliphatic heterocycles. The number of anilines is 1. The molecule has 0 aromatic heterocycles. The summed E-state index contributed by atoms with van der Waals surface area (Å²) in [5, 5.41) is 5.88. The summed E-state index contributed by atoms with van der Waals surface area (Å²) < 4.78 is 13.8. The van der Waals surface area contributed by atoms with Crippen molar-refractivity contribution in [2.45, 2.75) is 46.1 Å². The van der Waals surface area contributed by atoms with Crippen LogP contribution in [0.5, 0.6) is 0 Å². The first-order valence-electron chi connectivity index (χ1n) is 6.93. The van der Waals surface area contributed by atoms with E-state index in [1.807, 2.05) is 13.8 Å². The Morgan fingerprint density at radius 3 is 2.68 bits per heavy atom. The second kappa shape index (κ2) is 7.77. The van der Waals surface area contributed by atoms with Crippen molar-refractivity contribution in [3.8, 4) is 0 Å². The zero-order valence-corrected chi connectivity index (χ0v) is 11.9. The molecule has 2 N–H and O–H groups in total. The van der Waals surface area contributed by atoms with Crippen LogP contribution in [0.2, 0.25) is 0 Å². The van der Waals surface area contributed by atoms with E-state index < -0.39 is 0 Å². The van der Waals surface area contributed by atoms with Crippen LogP contribution in [0, 0.1) is 5.82 Å². The van der Waals surface area contributed by atoms with Gasteiger partial charge in [0.25, 0.3) is 5.91 Å². The average Bonchev–Trinajstić information content (AvgIpc) is 2.37. The summed E-state index contributed by atoms with van der Waals surface area (Å²) >= 11 is 0. The Morgan fingerprint density at radius 2 is 2.05 bits per heavy atom. The van der Waals surface area contributed by atoms with Crippen molar-refractivity contribution < 1.29 is 9.18 Å². The quantitative estimate of drug-likeness (QED) is 0.792. The lowest BCUT2D eigenvalue weighted by Crippen LogP contribution is -2.33. The van der Waals surface area contributed by atoms with E-state index in [0.29, 0.717) is 17.8 Å². The second-order valence-electron chi connectivity index (χ2n) is 4.75. The summed E-state index contributed by atoms with van der Waals surface area (Å²) in [5.74, 6) is -0.608.